The van der Waals surface area contributed by atoms with Crippen LogP contribution in [0.1, 0.15) is 19.4 Å². The Hall–Kier alpha value is -0.610. The molecule has 1 atom stereocenters. The first-order valence-electron chi connectivity index (χ1n) is 4.43. The first kappa shape index (κ1) is 15.4. The second-order valence-electron chi connectivity index (χ2n) is 2.55. The molecule has 16 heavy (non-hydrogen) atoms. The summed E-state index contributed by atoms with van der Waals surface area (Å²) >= 11 is 2.90. The molecule has 0 bridgehead atoms. The molecule has 0 N–H and O–H groups in total. The van der Waals surface area contributed by atoms with Crippen LogP contribution < -0.4 is 0 Å². The fourth-order valence-corrected chi connectivity index (χ4v) is 1.43. The SMILES string of the molecule is CC.O=[N+]([O-])c1cc(C(F)(F)P)ccc1Br. The van der Waals surface area contributed by atoms with Crippen LogP contribution in [0.4, 0.5) is 14.5 Å². The van der Waals surface area contributed by atoms with Crippen molar-refractivity contribution in [1.29, 1.82) is 0 Å². The molecular weight excluding hydrogens is 303 g/mol. The predicted octanol–water partition coefficient (Wildman–Crippen LogP) is 4.31. The third kappa shape index (κ3) is 4.10. The number of benzene rings is 1. The van der Waals surface area contributed by atoms with E-state index in [2.05, 4.69) is 15.9 Å². The van der Waals surface area contributed by atoms with Crippen molar-refractivity contribution < 1.29 is 13.7 Å². The fourth-order valence-electron chi connectivity index (χ4n) is 0.860. The molecule has 1 unspecified atom stereocenters. The molecule has 90 valence electrons. The molecule has 7 heteroatoms. The van der Waals surface area contributed by atoms with Gasteiger partial charge in [-0.15, -0.1) is 0 Å². The van der Waals surface area contributed by atoms with Gasteiger partial charge >= 0.3 is 0 Å². The standard InChI is InChI=1S/C7H5BrF2NO2P.C2H6/c8-5-2-1-4(7(9,10)14)3-6(5)11(12)13;1-2/h1-3H,14H2;1-2H3. The van der Waals surface area contributed by atoms with Crippen LogP contribution in [-0.4, -0.2) is 4.92 Å². The van der Waals surface area contributed by atoms with Gasteiger partial charge in [0.2, 0.25) is 0 Å². The van der Waals surface area contributed by atoms with Gasteiger partial charge in [-0.2, -0.15) is 8.78 Å². The lowest BCUT2D eigenvalue weighted by molar-refractivity contribution is -0.385. The molecule has 0 spiro atoms. The van der Waals surface area contributed by atoms with Crippen LogP contribution in [0.5, 0.6) is 0 Å². The zero-order valence-corrected chi connectivity index (χ0v) is 11.4. The minimum atomic E-state index is -3.15. The van der Waals surface area contributed by atoms with E-state index < -0.39 is 16.2 Å². The Morgan fingerprint density at radius 3 is 2.31 bits per heavy atom. The van der Waals surface area contributed by atoms with Gasteiger partial charge in [0.1, 0.15) is 0 Å². The maximum absolute atomic E-state index is 12.8. The van der Waals surface area contributed by atoms with Crippen LogP contribution in [0.2, 0.25) is 0 Å². The molecule has 1 rings (SSSR count). The number of hydrogen-bond acceptors (Lipinski definition) is 2. The smallest absolute Gasteiger partial charge is 0.258 e. The molecule has 0 radical (unpaired) electrons. The third-order valence-corrected chi connectivity index (χ3v) is 2.53. The van der Waals surface area contributed by atoms with Crippen molar-refractivity contribution >= 4 is 30.9 Å². The number of hydrogen-bond donors (Lipinski definition) is 0. The summed E-state index contributed by atoms with van der Waals surface area (Å²) in [4.78, 5) is 9.71. The van der Waals surface area contributed by atoms with Gasteiger partial charge in [0.05, 0.1) is 9.40 Å². The van der Waals surface area contributed by atoms with Gasteiger partial charge in [0.15, 0.2) is 0 Å². The lowest BCUT2D eigenvalue weighted by Gasteiger charge is -2.09. The first-order chi connectivity index (χ1) is 7.32. The van der Waals surface area contributed by atoms with Crippen molar-refractivity contribution in [2.45, 2.75) is 19.5 Å². The highest BCUT2D eigenvalue weighted by Crippen LogP contribution is 2.38. The summed E-state index contributed by atoms with van der Waals surface area (Å²) in [5, 5.41) is 10.4. The average molecular weight is 314 g/mol. The van der Waals surface area contributed by atoms with E-state index in [0.29, 0.717) is 0 Å². The monoisotopic (exact) mass is 313 g/mol. The summed E-state index contributed by atoms with van der Waals surface area (Å²) in [5.41, 5.74) is -3.92. The van der Waals surface area contributed by atoms with Crippen LogP contribution >= 0.6 is 25.2 Å². The van der Waals surface area contributed by atoms with Crippen LogP contribution in [0.25, 0.3) is 0 Å². The molecule has 0 aliphatic carbocycles. The molecule has 0 aliphatic rings. The average Bonchev–Trinajstić information content (AvgIpc) is 2.19. The second-order valence-corrected chi connectivity index (χ2v) is 4.13. The Kier molecular flexibility index (Phi) is 5.97. The molecule has 0 saturated heterocycles. The van der Waals surface area contributed by atoms with Crippen LogP contribution in [0, 0.1) is 10.1 Å². The highest BCUT2D eigenvalue weighted by molar-refractivity contribution is 9.10. The largest absolute Gasteiger partial charge is 0.284 e. The molecule has 1 aromatic rings. The van der Waals surface area contributed by atoms with Gasteiger partial charge < -0.3 is 0 Å². The number of halogens is 3. The minimum Gasteiger partial charge on any atom is -0.258 e. The number of alkyl halides is 2. The maximum Gasteiger partial charge on any atom is 0.284 e. The minimum absolute atomic E-state index is 0.181. The number of nitro benzene ring substituents is 1. The van der Waals surface area contributed by atoms with Crippen molar-refractivity contribution in [2.75, 3.05) is 0 Å². The van der Waals surface area contributed by atoms with Crippen molar-refractivity contribution in [3.8, 4) is 0 Å². The topological polar surface area (TPSA) is 43.1 Å². The maximum atomic E-state index is 12.8. The molecule has 1 aromatic carbocycles. The van der Waals surface area contributed by atoms with Gasteiger partial charge in [-0.3, -0.25) is 10.1 Å². The molecule has 0 aliphatic heterocycles. The van der Waals surface area contributed by atoms with Crippen molar-refractivity contribution in [2.24, 2.45) is 0 Å². The van der Waals surface area contributed by atoms with E-state index in [1.165, 1.54) is 15.3 Å². The van der Waals surface area contributed by atoms with Crippen LogP contribution in [0.3, 0.4) is 0 Å². The van der Waals surface area contributed by atoms with Crippen LogP contribution in [0.15, 0.2) is 22.7 Å². The molecule has 0 aromatic heterocycles. The lowest BCUT2D eigenvalue weighted by atomic mass is 10.2. The van der Waals surface area contributed by atoms with Crippen molar-refractivity contribution in [3.05, 3.63) is 38.3 Å². The van der Waals surface area contributed by atoms with Gasteiger partial charge in [0, 0.05) is 11.6 Å². The Morgan fingerprint density at radius 1 is 1.44 bits per heavy atom. The molecular formula is C9H11BrF2NO2P. The first-order valence-corrected chi connectivity index (χ1v) is 5.80. The van der Waals surface area contributed by atoms with E-state index in [1.807, 2.05) is 13.8 Å². The van der Waals surface area contributed by atoms with E-state index in [1.54, 1.807) is 0 Å². The van der Waals surface area contributed by atoms with E-state index >= 15 is 0 Å². The van der Waals surface area contributed by atoms with E-state index in [0.717, 1.165) is 12.1 Å². The Bertz CT molecular complexity index is 382. The van der Waals surface area contributed by atoms with Gasteiger partial charge in [-0.25, -0.2) is 0 Å². The Morgan fingerprint density at radius 2 is 1.94 bits per heavy atom. The van der Waals surface area contributed by atoms with E-state index in [4.69, 9.17) is 0 Å². The van der Waals surface area contributed by atoms with Crippen LogP contribution in [-0.2, 0) is 5.66 Å². The Labute approximate surface area is 103 Å². The molecule has 3 nitrogen and oxygen atoms in total. The zero-order valence-electron chi connectivity index (χ0n) is 8.71. The summed E-state index contributed by atoms with van der Waals surface area (Å²) in [5.74, 6) is 0. The van der Waals surface area contributed by atoms with Crippen molar-refractivity contribution in [1.82, 2.24) is 0 Å². The van der Waals surface area contributed by atoms with Gasteiger partial charge in [-0.1, -0.05) is 29.2 Å². The summed E-state index contributed by atoms with van der Waals surface area (Å²) in [6, 6.07) is 3.20. The number of nitrogens with zero attached hydrogens (tertiary/aromatic N) is 1. The third-order valence-electron chi connectivity index (χ3n) is 1.53. The highest BCUT2D eigenvalue weighted by Gasteiger charge is 2.27. The summed E-state index contributed by atoms with van der Waals surface area (Å²) < 4.78 is 25.7. The fraction of sp³-hybridized carbons (Fsp3) is 0.333. The molecule has 0 saturated carbocycles. The second kappa shape index (κ2) is 6.21. The van der Waals surface area contributed by atoms with E-state index in [9.17, 15) is 18.9 Å². The zero-order chi connectivity index (χ0) is 12.9. The lowest BCUT2D eigenvalue weighted by Crippen LogP contribution is -2.03. The van der Waals surface area contributed by atoms with Gasteiger partial charge in [-0.05, 0) is 22.0 Å². The summed E-state index contributed by atoms with van der Waals surface area (Å²) in [6.45, 7) is 4.00. The predicted molar refractivity (Wildman–Crippen MR) is 65.7 cm³/mol. The summed E-state index contributed by atoms with van der Waals surface area (Å²) in [7, 11) is 1.33. The number of rotatable bonds is 2. The normalized spacial score (nSPS) is 10.4. The highest BCUT2D eigenvalue weighted by atomic mass is 79.9. The Balaban J connectivity index is 0.00000106. The summed E-state index contributed by atoms with van der Waals surface area (Å²) in [6.07, 6.45) is 0. The van der Waals surface area contributed by atoms with Gasteiger partial charge in [0.25, 0.3) is 11.4 Å². The van der Waals surface area contributed by atoms with Crippen molar-refractivity contribution in [3.63, 3.8) is 0 Å². The quantitative estimate of drug-likeness (QED) is 0.464. The number of nitro groups is 1. The molecule has 0 fully saturated rings. The van der Waals surface area contributed by atoms with E-state index in [-0.39, 0.29) is 10.2 Å². The molecule has 0 heterocycles. The molecule has 0 amide bonds.